The van der Waals surface area contributed by atoms with E-state index < -0.39 is 0 Å². The van der Waals surface area contributed by atoms with Crippen molar-refractivity contribution in [2.75, 3.05) is 49.7 Å². The van der Waals surface area contributed by atoms with Crippen LogP contribution in [0, 0.1) is 13.8 Å². The molecule has 9 nitrogen and oxygen atoms in total. The summed E-state index contributed by atoms with van der Waals surface area (Å²) in [7, 11) is 1.69. The highest BCUT2D eigenvalue weighted by Gasteiger charge is 2.23. The van der Waals surface area contributed by atoms with Crippen LogP contribution >= 0.6 is 0 Å². The molecule has 0 aromatic carbocycles. The predicted octanol–water partition coefficient (Wildman–Crippen LogP) is 1.21. The third-order valence-corrected chi connectivity index (χ3v) is 5.11. The average Bonchev–Trinajstić information content (AvgIpc) is 3.12. The molecule has 0 bridgehead atoms. The lowest BCUT2D eigenvalue weighted by Crippen LogP contribution is -2.47. The van der Waals surface area contributed by atoms with Crippen LogP contribution in [0.5, 0.6) is 0 Å². The largest absolute Gasteiger partial charge is 0.383 e. The van der Waals surface area contributed by atoms with Gasteiger partial charge in [0.1, 0.15) is 18.5 Å². The highest BCUT2D eigenvalue weighted by atomic mass is 16.5. The minimum atomic E-state index is 0.626. The fourth-order valence-corrected chi connectivity index (χ4v) is 3.43. The molecule has 3 aromatic heterocycles. The first kappa shape index (κ1) is 17.6. The summed E-state index contributed by atoms with van der Waals surface area (Å²) in [5.74, 6) is 1.92. The maximum absolute atomic E-state index is 5.16. The summed E-state index contributed by atoms with van der Waals surface area (Å²) < 4.78 is 7.17. The number of rotatable bonds is 5. The van der Waals surface area contributed by atoms with Crippen LogP contribution in [0.1, 0.15) is 11.3 Å². The van der Waals surface area contributed by atoms with Gasteiger partial charge in [-0.15, -0.1) is 0 Å². The van der Waals surface area contributed by atoms with Crippen LogP contribution in [0.2, 0.25) is 0 Å². The molecule has 0 aliphatic carbocycles. The Morgan fingerprint density at radius 1 is 0.889 bits per heavy atom. The van der Waals surface area contributed by atoms with E-state index in [0.29, 0.717) is 6.61 Å². The first-order valence-electron chi connectivity index (χ1n) is 9.12. The van der Waals surface area contributed by atoms with Gasteiger partial charge in [-0.25, -0.2) is 24.9 Å². The second-order valence-corrected chi connectivity index (χ2v) is 6.68. The first-order valence-corrected chi connectivity index (χ1v) is 9.12. The Kier molecular flexibility index (Phi) is 4.85. The van der Waals surface area contributed by atoms with Crippen molar-refractivity contribution in [3.8, 4) is 0 Å². The molecular weight excluding hydrogens is 344 g/mol. The van der Waals surface area contributed by atoms with Crippen molar-refractivity contribution < 1.29 is 4.74 Å². The number of hydrogen-bond donors (Lipinski definition) is 0. The Morgan fingerprint density at radius 3 is 2.30 bits per heavy atom. The summed E-state index contributed by atoms with van der Waals surface area (Å²) in [5, 5.41) is 0. The van der Waals surface area contributed by atoms with E-state index in [9.17, 15) is 0 Å². The first-order chi connectivity index (χ1) is 13.2. The molecule has 1 aliphatic heterocycles. The Hall–Kier alpha value is -2.81. The zero-order valence-corrected chi connectivity index (χ0v) is 16.0. The topological polar surface area (TPSA) is 85.1 Å². The Balaban J connectivity index is 1.53. The van der Waals surface area contributed by atoms with Crippen molar-refractivity contribution in [3.05, 3.63) is 30.2 Å². The van der Waals surface area contributed by atoms with Crippen molar-refractivity contribution >= 4 is 22.8 Å². The molecule has 0 spiro atoms. The number of hydrogen-bond acceptors (Lipinski definition) is 8. The number of aromatic nitrogens is 6. The summed E-state index contributed by atoms with van der Waals surface area (Å²) >= 11 is 0. The lowest BCUT2D eigenvalue weighted by Gasteiger charge is -2.36. The number of methoxy groups -OCH3 is 1. The van der Waals surface area contributed by atoms with E-state index in [4.69, 9.17) is 4.74 Å². The molecule has 0 N–H and O–H groups in total. The Bertz CT molecular complexity index is 932. The van der Waals surface area contributed by atoms with Crippen LogP contribution < -0.4 is 9.80 Å². The quantitative estimate of drug-likeness (QED) is 0.664. The van der Waals surface area contributed by atoms with Gasteiger partial charge < -0.3 is 19.1 Å². The number of piperazine rings is 1. The lowest BCUT2D eigenvalue weighted by molar-refractivity contribution is 0.188. The standard InChI is InChI=1S/C18H24N8O/c1-13-14(2)19-10-20-16(13)24-4-6-25(7-5-24)17-15-18(22-11-21-17)26(12-23-15)8-9-27-3/h10-12H,4-9H2,1-3H3. The van der Waals surface area contributed by atoms with Crippen molar-refractivity contribution in [1.29, 1.82) is 0 Å². The van der Waals surface area contributed by atoms with Crippen molar-refractivity contribution in [1.82, 2.24) is 29.5 Å². The number of aryl methyl sites for hydroxylation is 1. The van der Waals surface area contributed by atoms with Crippen LogP contribution in [-0.4, -0.2) is 69.4 Å². The van der Waals surface area contributed by atoms with Gasteiger partial charge in [-0.05, 0) is 13.8 Å². The number of ether oxygens (including phenoxy) is 1. The van der Waals surface area contributed by atoms with E-state index in [0.717, 1.165) is 66.8 Å². The average molecular weight is 368 g/mol. The number of imidazole rings is 1. The molecule has 0 saturated carbocycles. The number of anilines is 2. The normalized spacial score (nSPS) is 14.9. The van der Waals surface area contributed by atoms with Crippen molar-refractivity contribution in [2.24, 2.45) is 0 Å². The summed E-state index contributed by atoms with van der Waals surface area (Å²) in [6.07, 6.45) is 5.07. The van der Waals surface area contributed by atoms with Gasteiger partial charge in [0.25, 0.3) is 0 Å². The summed E-state index contributed by atoms with van der Waals surface area (Å²) in [4.78, 5) is 26.8. The second kappa shape index (κ2) is 7.43. The molecule has 4 rings (SSSR count). The summed E-state index contributed by atoms with van der Waals surface area (Å²) in [6.45, 7) is 8.94. The zero-order valence-electron chi connectivity index (χ0n) is 16.0. The molecule has 4 heterocycles. The highest BCUT2D eigenvalue weighted by molar-refractivity contribution is 5.83. The highest BCUT2D eigenvalue weighted by Crippen LogP contribution is 2.25. The van der Waals surface area contributed by atoms with Crippen LogP contribution in [-0.2, 0) is 11.3 Å². The fourth-order valence-electron chi connectivity index (χ4n) is 3.43. The van der Waals surface area contributed by atoms with Gasteiger partial charge in [0.05, 0.1) is 12.9 Å². The Morgan fingerprint density at radius 2 is 1.56 bits per heavy atom. The van der Waals surface area contributed by atoms with Gasteiger partial charge in [-0.3, -0.25) is 0 Å². The van der Waals surface area contributed by atoms with Gasteiger partial charge >= 0.3 is 0 Å². The number of nitrogens with zero attached hydrogens (tertiary/aromatic N) is 8. The maximum atomic E-state index is 5.16. The molecular formula is C18H24N8O. The van der Waals surface area contributed by atoms with E-state index in [2.05, 4.69) is 41.6 Å². The molecule has 9 heteroatoms. The van der Waals surface area contributed by atoms with Crippen molar-refractivity contribution in [3.63, 3.8) is 0 Å². The van der Waals surface area contributed by atoms with Gasteiger partial charge in [0.15, 0.2) is 17.0 Å². The molecule has 0 unspecified atom stereocenters. The lowest BCUT2D eigenvalue weighted by atomic mass is 10.2. The molecule has 1 aliphatic rings. The number of fused-ring (bicyclic) bond motifs is 1. The van der Waals surface area contributed by atoms with Gasteiger partial charge in [0.2, 0.25) is 0 Å². The second-order valence-electron chi connectivity index (χ2n) is 6.68. The van der Waals surface area contributed by atoms with Crippen LogP contribution in [0.3, 0.4) is 0 Å². The Labute approximate surface area is 158 Å². The van der Waals surface area contributed by atoms with Gasteiger partial charge in [-0.2, -0.15) is 0 Å². The maximum Gasteiger partial charge on any atom is 0.165 e. The third kappa shape index (κ3) is 3.30. The van der Waals surface area contributed by atoms with E-state index in [-0.39, 0.29) is 0 Å². The summed E-state index contributed by atoms with van der Waals surface area (Å²) in [5.41, 5.74) is 3.87. The molecule has 27 heavy (non-hydrogen) atoms. The molecule has 0 amide bonds. The predicted molar refractivity (Wildman–Crippen MR) is 103 cm³/mol. The molecule has 3 aromatic rings. The molecule has 142 valence electrons. The van der Waals surface area contributed by atoms with E-state index >= 15 is 0 Å². The van der Waals surface area contributed by atoms with Gasteiger partial charge in [-0.1, -0.05) is 0 Å². The van der Waals surface area contributed by atoms with Crippen molar-refractivity contribution in [2.45, 2.75) is 20.4 Å². The molecule has 0 atom stereocenters. The molecule has 1 fully saturated rings. The van der Waals surface area contributed by atoms with Gasteiger partial charge in [0, 0.05) is 51.1 Å². The van der Waals surface area contributed by atoms with Crippen LogP contribution in [0.4, 0.5) is 11.6 Å². The molecule has 0 radical (unpaired) electrons. The summed E-state index contributed by atoms with van der Waals surface area (Å²) in [6, 6.07) is 0. The SMILES string of the molecule is COCCn1cnc2c(N3CCN(c4ncnc(C)c4C)CC3)ncnc21. The molecule has 1 saturated heterocycles. The third-order valence-electron chi connectivity index (χ3n) is 5.11. The van der Waals surface area contributed by atoms with Crippen LogP contribution in [0.25, 0.3) is 11.2 Å². The van der Waals surface area contributed by atoms with E-state index in [1.807, 2.05) is 17.8 Å². The van der Waals surface area contributed by atoms with E-state index in [1.54, 1.807) is 19.8 Å². The minimum absolute atomic E-state index is 0.626. The van der Waals surface area contributed by atoms with E-state index in [1.165, 1.54) is 0 Å². The smallest absolute Gasteiger partial charge is 0.165 e. The minimum Gasteiger partial charge on any atom is -0.383 e. The zero-order chi connectivity index (χ0) is 18.8. The monoisotopic (exact) mass is 368 g/mol. The fraction of sp³-hybridized carbons (Fsp3) is 0.500. The van der Waals surface area contributed by atoms with Crippen LogP contribution in [0.15, 0.2) is 19.0 Å².